The van der Waals surface area contributed by atoms with E-state index in [1.165, 1.54) is 6.92 Å². The van der Waals surface area contributed by atoms with Gasteiger partial charge >= 0.3 is 12.1 Å². The molecule has 0 amide bonds. The molecular formula is C11H16F3NO4. The van der Waals surface area contributed by atoms with Crippen LogP contribution in [-0.4, -0.2) is 53.2 Å². The van der Waals surface area contributed by atoms with E-state index < -0.39 is 29.9 Å². The molecule has 2 rings (SSSR count). The van der Waals surface area contributed by atoms with Crippen LogP contribution in [0, 0.1) is 0 Å². The van der Waals surface area contributed by atoms with Crippen LogP contribution in [0.15, 0.2) is 0 Å². The van der Waals surface area contributed by atoms with Crippen LogP contribution in [-0.2, 0) is 14.4 Å². The molecule has 110 valence electrons. The summed E-state index contributed by atoms with van der Waals surface area (Å²) in [4.78, 5) is 16.6. The molecule has 0 radical (unpaired) electrons. The Balaban J connectivity index is 2.33. The molecule has 8 heteroatoms. The Kier molecular flexibility index (Phi) is 3.76. The normalized spacial score (nSPS) is 36.1. The van der Waals surface area contributed by atoms with Gasteiger partial charge in [0.15, 0.2) is 0 Å². The summed E-state index contributed by atoms with van der Waals surface area (Å²) in [6.45, 7) is 1.67. The highest BCUT2D eigenvalue weighted by Crippen LogP contribution is 2.47. The van der Waals surface area contributed by atoms with Gasteiger partial charge in [0.05, 0.1) is 12.6 Å². The minimum Gasteiger partial charge on any atom is -0.464 e. The average Bonchev–Trinajstić information content (AvgIpc) is 2.65. The Morgan fingerprint density at radius 1 is 1.53 bits per heavy atom. The number of carbonyl (C=O) groups is 1. The summed E-state index contributed by atoms with van der Waals surface area (Å²) in [7, 11) is 0. The van der Waals surface area contributed by atoms with Crippen molar-refractivity contribution in [3.8, 4) is 0 Å². The zero-order valence-corrected chi connectivity index (χ0v) is 10.4. The summed E-state index contributed by atoms with van der Waals surface area (Å²) in [5.74, 6) is -1.18. The second kappa shape index (κ2) is 4.92. The fraction of sp³-hybridized carbons (Fsp3) is 0.909. The van der Waals surface area contributed by atoms with E-state index in [0.717, 1.165) is 5.06 Å². The molecule has 3 atom stereocenters. The van der Waals surface area contributed by atoms with E-state index in [0.29, 0.717) is 12.8 Å². The Hall–Kier alpha value is -0.860. The van der Waals surface area contributed by atoms with Crippen molar-refractivity contribution in [1.29, 1.82) is 0 Å². The topological polar surface area (TPSA) is 59.0 Å². The zero-order chi connectivity index (χ0) is 14.3. The predicted octanol–water partition coefficient (Wildman–Crippen LogP) is 1.01. The highest BCUT2D eigenvalue weighted by atomic mass is 19.4. The number of hydroxylamine groups is 2. The lowest BCUT2D eigenvalue weighted by Gasteiger charge is -2.36. The van der Waals surface area contributed by atoms with Gasteiger partial charge in [-0.15, -0.1) is 0 Å². The second-order valence-electron chi connectivity index (χ2n) is 4.71. The van der Waals surface area contributed by atoms with Crippen molar-refractivity contribution >= 4 is 5.97 Å². The van der Waals surface area contributed by atoms with E-state index in [-0.39, 0.29) is 19.6 Å². The van der Waals surface area contributed by atoms with Gasteiger partial charge in [-0.05, 0) is 19.8 Å². The molecule has 0 unspecified atom stereocenters. The van der Waals surface area contributed by atoms with Crippen LogP contribution in [0.2, 0.25) is 0 Å². The van der Waals surface area contributed by atoms with Crippen molar-refractivity contribution in [2.24, 2.45) is 0 Å². The molecule has 2 aliphatic rings. The van der Waals surface area contributed by atoms with E-state index in [4.69, 9.17) is 4.84 Å². The molecule has 1 N–H and O–H groups in total. The molecule has 2 fully saturated rings. The first kappa shape index (κ1) is 14.5. The van der Waals surface area contributed by atoms with Gasteiger partial charge in [0.1, 0.15) is 0 Å². The van der Waals surface area contributed by atoms with Crippen molar-refractivity contribution in [2.45, 2.75) is 50.1 Å². The van der Waals surface area contributed by atoms with Crippen LogP contribution in [0.25, 0.3) is 0 Å². The number of aliphatic hydroxyl groups is 1. The summed E-state index contributed by atoms with van der Waals surface area (Å²) >= 11 is 0. The molecule has 2 aliphatic heterocycles. The van der Waals surface area contributed by atoms with Crippen LogP contribution in [0.3, 0.4) is 0 Å². The van der Waals surface area contributed by atoms with Gasteiger partial charge in [0.2, 0.25) is 11.7 Å². The number of carbonyl (C=O) groups excluding carboxylic acids is 1. The summed E-state index contributed by atoms with van der Waals surface area (Å²) in [6, 6.07) is -1.25. The number of halogens is 3. The number of ether oxygens (including phenoxy) is 1. The van der Waals surface area contributed by atoms with Crippen molar-refractivity contribution in [1.82, 2.24) is 5.06 Å². The van der Waals surface area contributed by atoms with Gasteiger partial charge in [-0.1, -0.05) is 6.42 Å². The monoisotopic (exact) mass is 283 g/mol. The largest absolute Gasteiger partial charge is 0.464 e. The van der Waals surface area contributed by atoms with Gasteiger partial charge in [-0.25, -0.2) is 4.79 Å². The molecule has 0 saturated carbocycles. The maximum atomic E-state index is 13.2. The molecule has 0 spiro atoms. The first-order valence-electron chi connectivity index (χ1n) is 6.21. The Morgan fingerprint density at radius 2 is 2.21 bits per heavy atom. The third kappa shape index (κ3) is 2.21. The quantitative estimate of drug-likeness (QED) is 0.767. The number of hydrogen-bond donors (Lipinski definition) is 1. The maximum absolute atomic E-state index is 13.2. The summed E-state index contributed by atoms with van der Waals surface area (Å²) in [6.07, 6.45) is -5.65. The van der Waals surface area contributed by atoms with Gasteiger partial charge in [0.25, 0.3) is 0 Å². The van der Waals surface area contributed by atoms with Gasteiger partial charge in [-0.2, -0.15) is 18.2 Å². The molecule has 2 heterocycles. The number of piperidine rings is 1. The first-order chi connectivity index (χ1) is 8.82. The second-order valence-corrected chi connectivity index (χ2v) is 4.71. The van der Waals surface area contributed by atoms with Crippen molar-refractivity contribution in [3.05, 3.63) is 0 Å². The van der Waals surface area contributed by atoms with E-state index in [2.05, 4.69) is 4.74 Å². The molecule has 0 bridgehead atoms. The SMILES string of the molecule is CCOC(=O)[C@@H]1ON2CCCC[C@H]2[C@@]1(O)C(F)(F)F. The van der Waals surface area contributed by atoms with Crippen LogP contribution >= 0.6 is 0 Å². The van der Waals surface area contributed by atoms with Crippen LogP contribution in [0.1, 0.15) is 26.2 Å². The first-order valence-corrected chi connectivity index (χ1v) is 6.21. The van der Waals surface area contributed by atoms with Gasteiger partial charge < -0.3 is 9.84 Å². The third-order valence-electron chi connectivity index (χ3n) is 3.56. The highest BCUT2D eigenvalue weighted by molar-refractivity contribution is 5.77. The van der Waals surface area contributed by atoms with Gasteiger partial charge in [-0.3, -0.25) is 4.84 Å². The Labute approximate surface area is 108 Å². The van der Waals surface area contributed by atoms with Crippen molar-refractivity contribution < 1.29 is 32.6 Å². The summed E-state index contributed by atoms with van der Waals surface area (Å²) in [5.41, 5.74) is -3.21. The lowest BCUT2D eigenvalue weighted by atomic mass is 9.84. The number of fused-ring (bicyclic) bond motifs is 1. The molecule has 5 nitrogen and oxygen atoms in total. The fourth-order valence-corrected chi connectivity index (χ4v) is 2.64. The number of hydrogen-bond acceptors (Lipinski definition) is 5. The maximum Gasteiger partial charge on any atom is 0.422 e. The molecule has 2 saturated heterocycles. The van der Waals surface area contributed by atoms with E-state index in [9.17, 15) is 23.1 Å². The van der Waals surface area contributed by atoms with E-state index in [1.807, 2.05) is 0 Å². The molecule has 0 aliphatic carbocycles. The van der Waals surface area contributed by atoms with E-state index in [1.54, 1.807) is 0 Å². The lowest BCUT2D eigenvalue weighted by molar-refractivity contribution is -0.278. The van der Waals surface area contributed by atoms with Gasteiger partial charge in [0, 0.05) is 6.54 Å². The standard InChI is InChI=1S/C11H16F3NO4/c1-2-18-9(16)8-10(17,11(12,13)14)7-5-3-4-6-15(7)19-8/h7-8,17H,2-6H2,1H3/t7-,8-,10-/m0/s1. The minimum absolute atomic E-state index is 0.0721. The van der Waals surface area contributed by atoms with Crippen LogP contribution in [0.5, 0.6) is 0 Å². The molecule has 0 aromatic rings. The molecule has 0 aromatic carbocycles. The number of rotatable bonds is 2. The van der Waals surface area contributed by atoms with Crippen molar-refractivity contribution in [2.75, 3.05) is 13.2 Å². The number of nitrogens with zero attached hydrogens (tertiary/aromatic N) is 1. The third-order valence-corrected chi connectivity index (χ3v) is 3.56. The molecule has 0 aromatic heterocycles. The van der Waals surface area contributed by atoms with E-state index >= 15 is 0 Å². The lowest BCUT2D eigenvalue weighted by Crippen LogP contribution is -2.62. The smallest absolute Gasteiger partial charge is 0.422 e. The molecule has 19 heavy (non-hydrogen) atoms. The minimum atomic E-state index is -4.96. The number of alkyl halides is 3. The molecular weight excluding hydrogens is 267 g/mol. The zero-order valence-electron chi connectivity index (χ0n) is 10.4. The number of esters is 1. The van der Waals surface area contributed by atoms with Crippen LogP contribution in [0.4, 0.5) is 13.2 Å². The van der Waals surface area contributed by atoms with Crippen LogP contribution < -0.4 is 0 Å². The Morgan fingerprint density at radius 3 is 2.79 bits per heavy atom. The fourth-order valence-electron chi connectivity index (χ4n) is 2.64. The summed E-state index contributed by atoms with van der Waals surface area (Å²) < 4.78 is 44.2. The summed E-state index contributed by atoms with van der Waals surface area (Å²) in [5, 5.41) is 11.2. The predicted molar refractivity (Wildman–Crippen MR) is 56.9 cm³/mol. The Bertz CT molecular complexity index is 362. The average molecular weight is 283 g/mol. The van der Waals surface area contributed by atoms with Crippen molar-refractivity contribution in [3.63, 3.8) is 0 Å². The highest BCUT2D eigenvalue weighted by Gasteiger charge is 2.72.